The molecule has 0 saturated carbocycles. The molecule has 0 fully saturated rings. The van der Waals surface area contributed by atoms with Crippen LogP contribution in [0.1, 0.15) is 36.9 Å². The zero-order valence-electron chi connectivity index (χ0n) is 10.8. The molecule has 1 aliphatic rings. The molecule has 0 aliphatic heterocycles. The van der Waals surface area contributed by atoms with Crippen molar-refractivity contribution in [3.05, 3.63) is 29.3 Å². The monoisotopic (exact) mass is 249 g/mol. The van der Waals surface area contributed by atoms with Gasteiger partial charge in [-0.3, -0.25) is 10.1 Å². The topological polar surface area (TPSA) is 58.6 Å². The van der Waals surface area contributed by atoms with E-state index in [9.17, 15) is 9.90 Å². The van der Waals surface area contributed by atoms with Crippen molar-refractivity contribution >= 4 is 5.97 Å². The number of carbonyl (C=O) groups is 1. The Bertz CT molecular complexity index is 445. The van der Waals surface area contributed by atoms with Gasteiger partial charge in [0.1, 0.15) is 11.8 Å². The lowest BCUT2D eigenvalue weighted by molar-refractivity contribution is -0.142. The minimum absolute atomic E-state index is 0.156. The summed E-state index contributed by atoms with van der Waals surface area (Å²) in [6.45, 7) is 1.81. The van der Waals surface area contributed by atoms with Gasteiger partial charge < -0.3 is 9.84 Å². The van der Waals surface area contributed by atoms with Gasteiger partial charge in [0.2, 0.25) is 0 Å². The lowest BCUT2D eigenvalue weighted by atomic mass is 9.87. The highest BCUT2D eigenvalue weighted by atomic mass is 16.5. The van der Waals surface area contributed by atoms with E-state index in [1.165, 1.54) is 12.7 Å². The number of carbonyl (C=O) groups excluding carboxylic acids is 1. The average molecular weight is 249 g/mol. The molecule has 1 aromatic rings. The molecule has 0 spiro atoms. The SMILES string of the molecule is COC(=O)C(C)NC1CCCc2cc(O)ccc21. The predicted molar refractivity (Wildman–Crippen MR) is 68.4 cm³/mol. The third-order valence-electron chi connectivity index (χ3n) is 3.45. The van der Waals surface area contributed by atoms with Gasteiger partial charge in [-0.25, -0.2) is 0 Å². The van der Waals surface area contributed by atoms with Gasteiger partial charge in [-0.2, -0.15) is 0 Å². The van der Waals surface area contributed by atoms with Crippen molar-refractivity contribution in [3.63, 3.8) is 0 Å². The Morgan fingerprint density at radius 2 is 2.33 bits per heavy atom. The van der Waals surface area contributed by atoms with Crippen molar-refractivity contribution in [3.8, 4) is 5.75 Å². The molecule has 0 bridgehead atoms. The second-order valence-corrected chi connectivity index (χ2v) is 4.74. The van der Waals surface area contributed by atoms with Crippen LogP contribution in [-0.2, 0) is 16.0 Å². The number of nitrogens with one attached hydrogen (secondary N) is 1. The molecule has 0 saturated heterocycles. The average Bonchev–Trinajstić information content (AvgIpc) is 2.37. The van der Waals surface area contributed by atoms with Crippen LogP contribution in [0.25, 0.3) is 0 Å². The number of ether oxygens (including phenoxy) is 1. The van der Waals surface area contributed by atoms with Crippen LogP contribution < -0.4 is 5.32 Å². The smallest absolute Gasteiger partial charge is 0.322 e. The molecule has 0 radical (unpaired) electrons. The van der Waals surface area contributed by atoms with Gasteiger partial charge in [-0.1, -0.05) is 6.07 Å². The first kappa shape index (κ1) is 12.9. The Morgan fingerprint density at radius 1 is 1.56 bits per heavy atom. The van der Waals surface area contributed by atoms with Gasteiger partial charge in [0.15, 0.2) is 0 Å². The van der Waals surface area contributed by atoms with E-state index in [-0.39, 0.29) is 18.1 Å². The molecular formula is C14H19NO3. The van der Waals surface area contributed by atoms with Crippen LogP contribution in [0.2, 0.25) is 0 Å². The highest BCUT2D eigenvalue weighted by Gasteiger charge is 2.24. The number of fused-ring (bicyclic) bond motifs is 1. The molecule has 0 amide bonds. The maximum absolute atomic E-state index is 11.4. The van der Waals surface area contributed by atoms with Gasteiger partial charge in [-0.15, -0.1) is 0 Å². The van der Waals surface area contributed by atoms with E-state index in [0.29, 0.717) is 5.75 Å². The lowest BCUT2D eigenvalue weighted by Crippen LogP contribution is -2.38. The van der Waals surface area contributed by atoms with Crippen LogP contribution in [0.4, 0.5) is 0 Å². The summed E-state index contributed by atoms with van der Waals surface area (Å²) in [4.78, 5) is 11.4. The van der Waals surface area contributed by atoms with Crippen LogP contribution >= 0.6 is 0 Å². The summed E-state index contributed by atoms with van der Waals surface area (Å²) in [5.41, 5.74) is 2.34. The molecule has 4 heteroatoms. The van der Waals surface area contributed by atoms with Crippen LogP contribution in [0.3, 0.4) is 0 Å². The maximum atomic E-state index is 11.4. The van der Waals surface area contributed by atoms with E-state index < -0.39 is 0 Å². The molecule has 0 heterocycles. The third-order valence-corrected chi connectivity index (χ3v) is 3.45. The summed E-state index contributed by atoms with van der Waals surface area (Å²) in [6, 6.07) is 5.28. The second kappa shape index (κ2) is 5.40. The normalized spacial score (nSPS) is 20.0. The molecule has 18 heavy (non-hydrogen) atoms. The number of hydrogen-bond donors (Lipinski definition) is 2. The number of methoxy groups -OCH3 is 1. The van der Waals surface area contributed by atoms with Crippen molar-refractivity contribution in [1.29, 1.82) is 0 Å². The summed E-state index contributed by atoms with van der Waals surface area (Å²) >= 11 is 0. The molecule has 2 rings (SSSR count). The first-order valence-electron chi connectivity index (χ1n) is 6.27. The van der Waals surface area contributed by atoms with Crippen LogP contribution in [0.5, 0.6) is 5.75 Å². The van der Waals surface area contributed by atoms with Crippen LogP contribution in [-0.4, -0.2) is 24.2 Å². The van der Waals surface area contributed by atoms with E-state index in [2.05, 4.69) is 5.32 Å². The summed E-state index contributed by atoms with van der Waals surface area (Å²) < 4.78 is 4.72. The molecule has 2 atom stereocenters. The molecular weight excluding hydrogens is 230 g/mol. The Hall–Kier alpha value is -1.55. The van der Waals surface area contributed by atoms with Crippen LogP contribution in [0, 0.1) is 0 Å². The van der Waals surface area contributed by atoms with Crippen molar-refractivity contribution in [1.82, 2.24) is 5.32 Å². The molecule has 2 unspecified atom stereocenters. The van der Waals surface area contributed by atoms with Gasteiger partial charge in [0, 0.05) is 6.04 Å². The number of hydrogen-bond acceptors (Lipinski definition) is 4. The largest absolute Gasteiger partial charge is 0.508 e. The highest BCUT2D eigenvalue weighted by molar-refractivity contribution is 5.75. The first-order valence-corrected chi connectivity index (χ1v) is 6.27. The Balaban J connectivity index is 2.15. The fraction of sp³-hybridized carbons (Fsp3) is 0.500. The number of benzene rings is 1. The van der Waals surface area contributed by atoms with E-state index in [0.717, 1.165) is 24.8 Å². The molecule has 4 nitrogen and oxygen atoms in total. The summed E-state index contributed by atoms with van der Waals surface area (Å²) in [6.07, 6.45) is 3.04. The number of aromatic hydroxyl groups is 1. The third kappa shape index (κ3) is 2.64. The Morgan fingerprint density at radius 3 is 3.06 bits per heavy atom. The maximum Gasteiger partial charge on any atom is 0.322 e. The molecule has 0 aromatic heterocycles. The quantitative estimate of drug-likeness (QED) is 0.804. The lowest BCUT2D eigenvalue weighted by Gasteiger charge is -2.28. The number of phenols is 1. The minimum Gasteiger partial charge on any atom is -0.508 e. The van der Waals surface area contributed by atoms with Crippen molar-refractivity contribution in [2.24, 2.45) is 0 Å². The zero-order valence-corrected chi connectivity index (χ0v) is 10.8. The fourth-order valence-electron chi connectivity index (χ4n) is 2.52. The first-order chi connectivity index (χ1) is 8.61. The number of phenolic OH excluding ortho intramolecular Hbond substituents is 1. The summed E-state index contributed by atoms with van der Waals surface area (Å²) in [5, 5.41) is 12.8. The molecule has 1 aromatic carbocycles. The van der Waals surface area contributed by atoms with Crippen molar-refractivity contribution in [2.45, 2.75) is 38.3 Å². The van der Waals surface area contributed by atoms with Gasteiger partial charge in [0.25, 0.3) is 0 Å². The second-order valence-electron chi connectivity index (χ2n) is 4.74. The van der Waals surface area contributed by atoms with E-state index in [1.54, 1.807) is 13.0 Å². The Labute approximate surface area is 107 Å². The Kier molecular flexibility index (Phi) is 3.87. The fourth-order valence-corrected chi connectivity index (χ4v) is 2.52. The zero-order chi connectivity index (χ0) is 13.1. The minimum atomic E-state index is -0.320. The summed E-state index contributed by atoms with van der Waals surface area (Å²) in [7, 11) is 1.40. The number of esters is 1. The highest BCUT2D eigenvalue weighted by Crippen LogP contribution is 2.32. The summed E-state index contributed by atoms with van der Waals surface area (Å²) in [5.74, 6) is 0.0521. The van der Waals surface area contributed by atoms with Gasteiger partial charge in [0.05, 0.1) is 7.11 Å². The van der Waals surface area contributed by atoms with Gasteiger partial charge in [-0.05, 0) is 49.4 Å². The predicted octanol–water partition coefficient (Wildman–Crippen LogP) is 1.92. The van der Waals surface area contributed by atoms with E-state index >= 15 is 0 Å². The van der Waals surface area contributed by atoms with E-state index in [4.69, 9.17) is 4.74 Å². The van der Waals surface area contributed by atoms with Crippen molar-refractivity contribution in [2.75, 3.05) is 7.11 Å². The standard InChI is InChI=1S/C14H19NO3/c1-9(14(17)18-2)15-13-5-3-4-10-8-11(16)6-7-12(10)13/h6-9,13,15-16H,3-5H2,1-2H3. The number of rotatable bonds is 3. The van der Waals surface area contributed by atoms with Crippen molar-refractivity contribution < 1.29 is 14.6 Å². The molecule has 2 N–H and O–H groups in total. The van der Waals surface area contributed by atoms with Crippen LogP contribution in [0.15, 0.2) is 18.2 Å². The molecule has 1 aliphatic carbocycles. The number of aryl methyl sites for hydroxylation is 1. The molecule has 98 valence electrons. The van der Waals surface area contributed by atoms with Gasteiger partial charge >= 0.3 is 5.97 Å². The van der Waals surface area contributed by atoms with E-state index in [1.807, 2.05) is 12.1 Å².